The minimum absolute atomic E-state index is 0.0275. The first-order valence-electron chi connectivity index (χ1n) is 6.86. The Kier molecular flexibility index (Phi) is 5.77. The summed E-state index contributed by atoms with van der Waals surface area (Å²) in [6, 6.07) is 0.725. The van der Waals surface area contributed by atoms with E-state index in [0.29, 0.717) is 0 Å². The lowest BCUT2D eigenvalue weighted by molar-refractivity contribution is 0.0195. The highest BCUT2D eigenvalue weighted by atomic mass is 16.5. The first kappa shape index (κ1) is 14.0. The number of hydrogen-bond acceptors (Lipinski definition) is 2. The third-order valence-electron chi connectivity index (χ3n) is 3.91. The van der Waals surface area contributed by atoms with Gasteiger partial charge in [0.25, 0.3) is 0 Å². The van der Waals surface area contributed by atoms with Crippen molar-refractivity contribution in [3.8, 4) is 0 Å². The van der Waals surface area contributed by atoms with Crippen molar-refractivity contribution in [2.45, 2.75) is 70.9 Å². The summed E-state index contributed by atoms with van der Waals surface area (Å²) in [5.74, 6) is 0.999. The van der Waals surface area contributed by atoms with Crippen LogP contribution in [0.1, 0.15) is 59.3 Å². The molecule has 16 heavy (non-hydrogen) atoms. The summed E-state index contributed by atoms with van der Waals surface area (Å²) in [5, 5.41) is 3.65. The molecule has 0 aliphatic heterocycles. The maximum atomic E-state index is 5.43. The molecule has 2 nitrogen and oxygen atoms in total. The molecule has 0 saturated heterocycles. The molecule has 1 N–H and O–H groups in total. The van der Waals surface area contributed by atoms with Gasteiger partial charge in [-0.25, -0.2) is 0 Å². The molecule has 1 rings (SSSR count). The minimum Gasteiger partial charge on any atom is -0.377 e. The van der Waals surface area contributed by atoms with Gasteiger partial charge in [-0.05, 0) is 45.4 Å². The molecule has 96 valence electrons. The van der Waals surface area contributed by atoms with Gasteiger partial charge in [-0.2, -0.15) is 0 Å². The van der Waals surface area contributed by atoms with Crippen molar-refractivity contribution in [3.05, 3.63) is 0 Å². The van der Waals surface area contributed by atoms with Crippen molar-refractivity contribution in [2.75, 3.05) is 13.7 Å². The van der Waals surface area contributed by atoms with E-state index in [1.165, 1.54) is 38.5 Å². The molecule has 0 aromatic carbocycles. The average Bonchev–Trinajstić information content (AvgIpc) is 2.29. The second kappa shape index (κ2) is 6.61. The molecule has 0 aromatic rings. The van der Waals surface area contributed by atoms with Gasteiger partial charge in [0, 0.05) is 19.7 Å². The summed E-state index contributed by atoms with van der Waals surface area (Å²) in [6.45, 7) is 7.55. The van der Waals surface area contributed by atoms with Crippen molar-refractivity contribution in [1.82, 2.24) is 5.32 Å². The fraction of sp³-hybridized carbons (Fsp3) is 1.00. The van der Waals surface area contributed by atoms with Crippen molar-refractivity contribution in [1.29, 1.82) is 0 Å². The number of hydrogen-bond donors (Lipinski definition) is 1. The molecule has 0 amide bonds. The van der Waals surface area contributed by atoms with Crippen molar-refractivity contribution in [2.24, 2.45) is 5.92 Å². The van der Waals surface area contributed by atoms with Gasteiger partial charge < -0.3 is 10.1 Å². The lowest BCUT2D eigenvalue weighted by Gasteiger charge is -2.32. The number of rotatable bonds is 6. The summed E-state index contributed by atoms with van der Waals surface area (Å²) < 4.78 is 5.43. The van der Waals surface area contributed by atoms with Gasteiger partial charge in [0.05, 0.1) is 5.60 Å². The Bertz CT molecular complexity index is 183. The van der Waals surface area contributed by atoms with E-state index >= 15 is 0 Å². The fourth-order valence-electron chi connectivity index (χ4n) is 2.53. The quantitative estimate of drug-likeness (QED) is 0.751. The topological polar surface area (TPSA) is 21.3 Å². The molecule has 0 aromatic heterocycles. The standard InChI is InChI=1S/C14H29NO/c1-5-6-12-7-9-13(10-8-12)15-11-14(2,3)16-4/h12-13,15H,5-11H2,1-4H3. The Morgan fingerprint density at radius 1 is 1.19 bits per heavy atom. The Morgan fingerprint density at radius 3 is 2.31 bits per heavy atom. The molecular weight excluding hydrogens is 198 g/mol. The van der Waals surface area contributed by atoms with Crippen molar-refractivity contribution in [3.63, 3.8) is 0 Å². The minimum atomic E-state index is -0.0275. The zero-order valence-electron chi connectivity index (χ0n) is 11.5. The molecule has 0 unspecified atom stereocenters. The number of nitrogens with one attached hydrogen (secondary N) is 1. The summed E-state index contributed by atoms with van der Waals surface area (Å²) in [7, 11) is 1.79. The predicted octanol–water partition coefficient (Wildman–Crippen LogP) is 3.36. The van der Waals surface area contributed by atoms with Crippen LogP contribution in [0.2, 0.25) is 0 Å². The Labute approximate surface area is 101 Å². The molecule has 1 aliphatic carbocycles. The largest absolute Gasteiger partial charge is 0.377 e. The maximum absolute atomic E-state index is 5.43. The monoisotopic (exact) mass is 227 g/mol. The van der Waals surface area contributed by atoms with Crippen molar-refractivity contribution >= 4 is 0 Å². The van der Waals surface area contributed by atoms with Gasteiger partial charge in [-0.15, -0.1) is 0 Å². The zero-order valence-corrected chi connectivity index (χ0v) is 11.5. The predicted molar refractivity (Wildman–Crippen MR) is 69.7 cm³/mol. The van der Waals surface area contributed by atoms with Gasteiger partial charge in [0.2, 0.25) is 0 Å². The fourth-order valence-corrected chi connectivity index (χ4v) is 2.53. The molecular formula is C14H29NO. The van der Waals surface area contributed by atoms with E-state index in [-0.39, 0.29) is 5.60 Å². The van der Waals surface area contributed by atoms with E-state index in [4.69, 9.17) is 4.74 Å². The number of methoxy groups -OCH3 is 1. The van der Waals surface area contributed by atoms with Gasteiger partial charge in [-0.1, -0.05) is 19.8 Å². The van der Waals surface area contributed by atoms with E-state index in [9.17, 15) is 0 Å². The van der Waals surface area contributed by atoms with Gasteiger partial charge in [0.15, 0.2) is 0 Å². The van der Waals surface area contributed by atoms with Gasteiger partial charge in [0.1, 0.15) is 0 Å². The highest BCUT2D eigenvalue weighted by Gasteiger charge is 2.23. The second-order valence-electron chi connectivity index (χ2n) is 5.85. The van der Waals surface area contributed by atoms with Crippen LogP contribution >= 0.6 is 0 Å². The number of ether oxygens (including phenoxy) is 1. The second-order valence-corrected chi connectivity index (χ2v) is 5.85. The summed E-state index contributed by atoms with van der Waals surface area (Å²) in [6.07, 6.45) is 8.31. The lowest BCUT2D eigenvalue weighted by Crippen LogP contribution is -2.43. The average molecular weight is 227 g/mol. The Balaban J connectivity index is 2.17. The third kappa shape index (κ3) is 4.84. The molecule has 2 heteroatoms. The van der Waals surface area contributed by atoms with Crippen LogP contribution in [0.15, 0.2) is 0 Å². The normalized spacial score (nSPS) is 27.0. The molecule has 1 saturated carbocycles. The van der Waals surface area contributed by atoms with Crippen LogP contribution in [-0.2, 0) is 4.74 Å². The molecule has 1 fully saturated rings. The van der Waals surface area contributed by atoms with Crippen LogP contribution < -0.4 is 5.32 Å². The molecule has 0 atom stereocenters. The highest BCUT2D eigenvalue weighted by Crippen LogP contribution is 2.27. The highest BCUT2D eigenvalue weighted by molar-refractivity contribution is 4.80. The molecule has 0 radical (unpaired) electrons. The summed E-state index contributed by atoms with van der Waals surface area (Å²) in [5.41, 5.74) is -0.0275. The summed E-state index contributed by atoms with van der Waals surface area (Å²) >= 11 is 0. The van der Waals surface area contributed by atoms with Crippen LogP contribution in [0.25, 0.3) is 0 Å². The molecule has 0 spiro atoms. The molecule has 0 bridgehead atoms. The van der Waals surface area contributed by atoms with E-state index in [2.05, 4.69) is 26.1 Å². The lowest BCUT2D eigenvalue weighted by atomic mass is 9.83. The smallest absolute Gasteiger partial charge is 0.0746 e. The zero-order chi connectivity index (χ0) is 12.0. The third-order valence-corrected chi connectivity index (χ3v) is 3.91. The van der Waals surface area contributed by atoms with E-state index in [0.717, 1.165) is 18.5 Å². The molecule has 0 heterocycles. The van der Waals surface area contributed by atoms with Gasteiger partial charge in [-0.3, -0.25) is 0 Å². The van der Waals surface area contributed by atoms with Crippen LogP contribution in [-0.4, -0.2) is 25.3 Å². The van der Waals surface area contributed by atoms with Crippen LogP contribution in [0, 0.1) is 5.92 Å². The Hall–Kier alpha value is -0.0800. The van der Waals surface area contributed by atoms with Gasteiger partial charge >= 0.3 is 0 Å². The Morgan fingerprint density at radius 2 is 1.81 bits per heavy atom. The first-order valence-corrected chi connectivity index (χ1v) is 6.86. The van der Waals surface area contributed by atoms with Crippen LogP contribution in [0.4, 0.5) is 0 Å². The summed E-state index contributed by atoms with van der Waals surface area (Å²) in [4.78, 5) is 0. The van der Waals surface area contributed by atoms with E-state index < -0.39 is 0 Å². The first-order chi connectivity index (χ1) is 7.57. The molecule has 1 aliphatic rings. The van der Waals surface area contributed by atoms with E-state index in [1.807, 2.05) is 0 Å². The van der Waals surface area contributed by atoms with Crippen molar-refractivity contribution < 1.29 is 4.74 Å². The van der Waals surface area contributed by atoms with E-state index in [1.54, 1.807) is 7.11 Å². The van der Waals surface area contributed by atoms with Crippen LogP contribution in [0.3, 0.4) is 0 Å². The maximum Gasteiger partial charge on any atom is 0.0746 e. The van der Waals surface area contributed by atoms with Crippen LogP contribution in [0.5, 0.6) is 0 Å². The SMILES string of the molecule is CCCC1CCC(NCC(C)(C)OC)CC1.